The Morgan fingerprint density at radius 3 is 2.43 bits per heavy atom. The molecule has 1 rings (SSSR count). The Kier molecular flexibility index (Phi) is 4.83. The summed E-state index contributed by atoms with van der Waals surface area (Å²) in [7, 11) is -2.09. The number of hydrogen-bond acceptors (Lipinski definition) is 5. The van der Waals surface area contributed by atoms with Gasteiger partial charge >= 0.3 is 6.09 Å². The number of carbonyl (C=O) groups excluding carboxylic acids is 1. The average molecular weight is 315 g/mol. The van der Waals surface area contributed by atoms with E-state index >= 15 is 0 Å². The number of ether oxygens (including phenoxy) is 1. The fourth-order valence-electron chi connectivity index (χ4n) is 1.86. The number of hydrogen-bond donors (Lipinski definition) is 1. The van der Waals surface area contributed by atoms with Gasteiger partial charge in [-0.25, -0.2) is 18.2 Å². The van der Waals surface area contributed by atoms with Gasteiger partial charge in [0.05, 0.1) is 6.26 Å². The topological polar surface area (TPSA) is 103 Å². The van der Waals surface area contributed by atoms with Crippen LogP contribution in [-0.2, 0) is 14.8 Å². The lowest BCUT2D eigenvalue weighted by Gasteiger charge is -2.32. The maximum atomic E-state index is 11.7. The Hall–Kier alpha value is -1.83. The summed E-state index contributed by atoms with van der Waals surface area (Å²) in [4.78, 5) is 15.3. The van der Waals surface area contributed by atoms with Crippen molar-refractivity contribution in [2.45, 2.75) is 26.9 Å². The van der Waals surface area contributed by atoms with E-state index in [0.717, 1.165) is 10.6 Å². The highest BCUT2D eigenvalue weighted by Crippen LogP contribution is 2.39. The first-order valence-corrected chi connectivity index (χ1v) is 8.14. The number of carbonyl (C=O) groups is 1. The number of nitrogens with two attached hydrogens (primary N) is 1. The number of sulfonamides is 1. The molecule has 2 N–H and O–H groups in total. The summed E-state index contributed by atoms with van der Waals surface area (Å²) >= 11 is 0. The Morgan fingerprint density at radius 1 is 1.43 bits per heavy atom. The average Bonchev–Trinajstić information content (AvgIpc) is 2.32. The van der Waals surface area contributed by atoms with Crippen molar-refractivity contribution in [3.8, 4) is 0 Å². The summed E-state index contributed by atoms with van der Waals surface area (Å²) in [6.45, 7) is 5.58. The van der Waals surface area contributed by atoms with Gasteiger partial charge in [-0.3, -0.25) is 4.31 Å². The van der Waals surface area contributed by atoms with Gasteiger partial charge in [0.1, 0.15) is 11.9 Å². The summed E-state index contributed by atoms with van der Waals surface area (Å²) < 4.78 is 29.7. The van der Waals surface area contributed by atoms with Gasteiger partial charge < -0.3 is 10.5 Å². The van der Waals surface area contributed by atoms with Crippen LogP contribution in [0.25, 0.3) is 0 Å². The van der Waals surface area contributed by atoms with Crippen LogP contribution in [0.5, 0.6) is 0 Å². The van der Waals surface area contributed by atoms with Crippen molar-refractivity contribution in [3.63, 3.8) is 0 Å². The Bertz CT molecular complexity index is 623. The highest BCUT2D eigenvalue weighted by molar-refractivity contribution is 7.92. The zero-order chi connectivity index (χ0) is 16.4. The van der Waals surface area contributed by atoms with E-state index in [-0.39, 0.29) is 5.82 Å². The summed E-state index contributed by atoms with van der Waals surface area (Å²) in [5, 5.41) is 0. The predicted octanol–water partition coefficient (Wildman–Crippen LogP) is 1.66. The van der Waals surface area contributed by atoms with Crippen LogP contribution in [0, 0.1) is 5.41 Å². The van der Waals surface area contributed by atoms with E-state index in [0.29, 0.717) is 5.56 Å². The standard InChI is InChI=1S/C13H21N3O4S/c1-13(2,3)10(20-12(14)17)9-7-6-8-15-11(9)16(4)21(5,18)19/h6-8,10H,1-5H3,(H2,14,17). The molecule has 0 bridgehead atoms. The Labute approximate surface area is 125 Å². The molecule has 0 aliphatic rings. The van der Waals surface area contributed by atoms with E-state index in [1.165, 1.54) is 13.2 Å². The van der Waals surface area contributed by atoms with Gasteiger partial charge in [-0.05, 0) is 6.07 Å². The van der Waals surface area contributed by atoms with Crippen LogP contribution in [0.1, 0.15) is 32.4 Å². The van der Waals surface area contributed by atoms with Crippen molar-refractivity contribution in [3.05, 3.63) is 23.9 Å². The number of aromatic nitrogens is 1. The fourth-order valence-corrected chi connectivity index (χ4v) is 2.32. The van der Waals surface area contributed by atoms with Crippen molar-refractivity contribution < 1.29 is 17.9 Å². The number of anilines is 1. The second-order valence-electron chi connectivity index (χ2n) is 5.83. The summed E-state index contributed by atoms with van der Waals surface area (Å²) in [5.74, 6) is 0.209. The minimum absolute atomic E-state index is 0.209. The molecule has 1 atom stereocenters. The third kappa shape index (κ3) is 4.32. The van der Waals surface area contributed by atoms with Gasteiger partial charge in [0.2, 0.25) is 10.0 Å². The van der Waals surface area contributed by atoms with Crippen molar-refractivity contribution in [1.29, 1.82) is 0 Å². The molecule has 0 saturated carbocycles. The largest absolute Gasteiger partial charge is 0.441 e. The molecule has 1 unspecified atom stereocenters. The fraction of sp³-hybridized carbons (Fsp3) is 0.538. The maximum Gasteiger partial charge on any atom is 0.405 e. The minimum atomic E-state index is -3.49. The number of primary amides is 1. The molecule has 1 heterocycles. The lowest BCUT2D eigenvalue weighted by Crippen LogP contribution is -2.31. The molecule has 0 fully saturated rings. The third-order valence-electron chi connectivity index (χ3n) is 2.92. The van der Waals surface area contributed by atoms with Crippen molar-refractivity contribution in [2.75, 3.05) is 17.6 Å². The van der Waals surface area contributed by atoms with Crippen LogP contribution < -0.4 is 10.0 Å². The number of amides is 1. The molecule has 0 saturated heterocycles. The highest BCUT2D eigenvalue weighted by Gasteiger charge is 2.33. The molecule has 1 aromatic heterocycles. The molecule has 1 aromatic rings. The number of rotatable bonds is 4. The van der Waals surface area contributed by atoms with Gasteiger partial charge in [-0.2, -0.15) is 0 Å². The molecular weight excluding hydrogens is 294 g/mol. The molecule has 21 heavy (non-hydrogen) atoms. The Balaban J connectivity index is 3.43. The summed E-state index contributed by atoms with van der Waals surface area (Å²) in [6.07, 6.45) is 0.909. The van der Waals surface area contributed by atoms with E-state index in [1.54, 1.807) is 12.1 Å². The molecular formula is C13H21N3O4S. The van der Waals surface area contributed by atoms with Crippen LogP contribution in [0.4, 0.5) is 10.6 Å². The van der Waals surface area contributed by atoms with E-state index in [1.807, 2.05) is 20.8 Å². The van der Waals surface area contributed by atoms with E-state index < -0.39 is 27.6 Å². The van der Waals surface area contributed by atoms with Crippen molar-refractivity contribution in [2.24, 2.45) is 11.1 Å². The molecule has 0 radical (unpaired) electrons. The van der Waals surface area contributed by atoms with Crippen LogP contribution in [0.3, 0.4) is 0 Å². The van der Waals surface area contributed by atoms with Gasteiger partial charge in [-0.15, -0.1) is 0 Å². The van der Waals surface area contributed by atoms with E-state index in [9.17, 15) is 13.2 Å². The van der Waals surface area contributed by atoms with E-state index in [4.69, 9.17) is 10.5 Å². The maximum absolute atomic E-state index is 11.7. The lowest BCUT2D eigenvalue weighted by molar-refractivity contribution is 0.0362. The highest BCUT2D eigenvalue weighted by atomic mass is 32.2. The van der Waals surface area contributed by atoms with E-state index in [2.05, 4.69) is 4.98 Å². The minimum Gasteiger partial charge on any atom is -0.441 e. The van der Waals surface area contributed by atoms with Crippen LogP contribution in [0.15, 0.2) is 18.3 Å². The lowest BCUT2D eigenvalue weighted by atomic mass is 9.84. The zero-order valence-electron chi connectivity index (χ0n) is 12.8. The first kappa shape index (κ1) is 17.2. The molecule has 7 nitrogen and oxygen atoms in total. The normalized spacial score (nSPS) is 13.6. The molecule has 0 aliphatic carbocycles. The van der Waals surface area contributed by atoms with Crippen molar-refractivity contribution in [1.82, 2.24) is 4.98 Å². The molecule has 118 valence electrons. The molecule has 0 aliphatic heterocycles. The van der Waals surface area contributed by atoms with Gasteiger partial charge in [0.15, 0.2) is 0 Å². The van der Waals surface area contributed by atoms with Gasteiger partial charge in [-0.1, -0.05) is 26.8 Å². The monoisotopic (exact) mass is 315 g/mol. The van der Waals surface area contributed by atoms with Gasteiger partial charge in [0, 0.05) is 24.2 Å². The summed E-state index contributed by atoms with van der Waals surface area (Å²) in [5.41, 5.74) is 5.13. The SMILES string of the molecule is CN(c1ncccc1C(OC(N)=O)C(C)(C)C)S(C)(=O)=O. The van der Waals surface area contributed by atoms with Crippen LogP contribution in [-0.4, -0.2) is 32.8 Å². The number of nitrogens with zero attached hydrogens (tertiary/aromatic N) is 2. The van der Waals surface area contributed by atoms with Crippen LogP contribution in [0.2, 0.25) is 0 Å². The second kappa shape index (κ2) is 5.88. The molecule has 0 aromatic carbocycles. The predicted molar refractivity (Wildman–Crippen MR) is 80.3 cm³/mol. The number of pyridine rings is 1. The molecule has 1 amide bonds. The first-order valence-electron chi connectivity index (χ1n) is 6.29. The molecule has 0 spiro atoms. The van der Waals surface area contributed by atoms with Crippen LogP contribution >= 0.6 is 0 Å². The first-order chi connectivity index (χ1) is 9.44. The smallest absolute Gasteiger partial charge is 0.405 e. The zero-order valence-corrected chi connectivity index (χ0v) is 13.6. The summed E-state index contributed by atoms with van der Waals surface area (Å²) in [6, 6.07) is 3.32. The van der Waals surface area contributed by atoms with Gasteiger partial charge in [0.25, 0.3) is 0 Å². The molecule has 8 heteroatoms. The quantitative estimate of drug-likeness (QED) is 0.910. The van der Waals surface area contributed by atoms with Crippen molar-refractivity contribution >= 4 is 21.9 Å². The Morgan fingerprint density at radius 2 is 2.00 bits per heavy atom. The third-order valence-corrected chi connectivity index (χ3v) is 4.08. The second-order valence-corrected chi connectivity index (χ2v) is 7.84.